The maximum Gasteiger partial charge on any atom is 0.145 e. The Labute approximate surface area is 229 Å². The molecule has 1 fully saturated rings. The molecule has 0 spiro atoms. The van der Waals surface area contributed by atoms with E-state index in [9.17, 15) is 4.39 Å². The first-order valence-corrected chi connectivity index (χ1v) is 13.2. The van der Waals surface area contributed by atoms with Crippen LogP contribution in [0, 0.1) is 5.82 Å². The SMILES string of the molecule is Fc1cccc(COc2ccc(Nc3ncnc4cc(OCCCCl)cc(OC5CCOC5)c34)cc2Cl)c1. The van der Waals surface area contributed by atoms with Crippen molar-refractivity contribution in [1.82, 2.24) is 9.97 Å². The van der Waals surface area contributed by atoms with E-state index in [4.69, 9.17) is 42.1 Å². The number of benzene rings is 3. The van der Waals surface area contributed by atoms with Gasteiger partial charge in [0.25, 0.3) is 0 Å². The number of hydrogen-bond donors (Lipinski definition) is 1. The second-order valence-corrected chi connectivity index (χ2v) is 9.51. The second-order valence-electron chi connectivity index (χ2n) is 8.72. The predicted octanol–water partition coefficient (Wildman–Crippen LogP) is 6.92. The molecule has 1 atom stereocenters. The number of ether oxygens (including phenoxy) is 4. The molecule has 0 radical (unpaired) electrons. The molecule has 1 saturated heterocycles. The van der Waals surface area contributed by atoms with Crippen LogP contribution in [0.15, 0.2) is 60.9 Å². The van der Waals surface area contributed by atoms with Crippen LogP contribution in [-0.4, -0.2) is 41.8 Å². The Morgan fingerprint density at radius 2 is 1.97 bits per heavy atom. The number of alkyl halides is 1. The van der Waals surface area contributed by atoms with Gasteiger partial charge in [-0.2, -0.15) is 0 Å². The highest BCUT2D eigenvalue weighted by Gasteiger charge is 2.21. The molecule has 0 saturated carbocycles. The number of fused-ring (bicyclic) bond motifs is 1. The standard InChI is InChI=1S/C28H26Cl2FN3O4/c29-8-2-9-36-22-13-24-27(26(14-22)38-21-7-10-35-16-21)28(33-17-32-24)34-20-5-6-25(23(30)12-20)37-15-18-3-1-4-19(31)11-18/h1,3-6,11-14,17,21H,2,7-10,15-16H2,(H,32,33,34). The molecule has 1 aromatic heterocycles. The summed E-state index contributed by atoms with van der Waals surface area (Å²) in [6, 6.07) is 15.3. The van der Waals surface area contributed by atoms with Gasteiger partial charge in [-0.25, -0.2) is 14.4 Å². The molecule has 7 nitrogen and oxygen atoms in total. The quantitative estimate of drug-likeness (QED) is 0.158. The van der Waals surface area contributed by atoms with Crippen molar-refractivity contribution in [2.45, 2.75) is 25.6 Å². The molecule has 1 aliphatic rings. The van der Waals surface area contributed by atoms with Crippen LogP contribution in [-0.2, 0) is 11.3 Å². The first kappa shape index (κ1) is 26.3. The van der Waals surface area contributed by atoms with Gasteiger partial charge in [0.15, 0.2) is 0 Å². The van der Waals surface area contributed by atoms with Crippen molar-refractivity contribution in [3.05, 3.63) is 77.3 Å². The summed E-state index contributed by atoms with van der Waals surface area (Å²) in [5.74, 6) is 2.49. The Hall–Kier alpha value is -3.33. The lowest BCUT2D eigenvalue weighted by Crippen LogP contribution is -2.16. The largest absolute Gasteiger partial charge is 0.493 e. The normalized spacial score (nSPS) is 15.0. The summed E-state index contributed by atoms with van der Waals surface area (Å²) >= 11 is 12.3. The van der Waals surface area contributed by atoms with E-state index in [-0.39, 0.29) is 18.5 Å². The van der Waals surface area contributed by atoms with E-state index in [2.05, 4.69) is 15.3 Å². The van der Waals surface area contributed by atoms with Crippen LogP contribution < -0.4 is 19.5 Å². The van der Waals surface area contributed by atoms with E-state index in [0.717, 1.165) is 12.8 Å². The number of anilines is 2. The molecule has 10 heteroatoms. The molecule has 4 aromatic rings. The molecule has 1 N–H and O–H groups in total. The fraction of sp³-hybridized carbons (Fsp3) is 0.286. The van der Waals surface area contributed by atoms with Crippen molar-refractivity contribution >= 4 is 45.6 Å². The summed E-state index contributed by atoms with van der Waals surface area (Å²) in [5, 5.41) is 4.44. The Bertz CT molecular complexity index is 1400. The van der Waals surface area contributed by atoms with Crippen LogP contribution >= 0.6 is 23.2 Å². The van der Waals surface area contributed by atoms with Gasteiger partial charge in [0.2, 0.25) is 0 Å². The Morgan fingerprint density at radius 1 is 1.05 bits per heavy atom. The molecule has 198 valence electrons. The third-order valence-electron chi connectivity index (χ3n) is 5.88. The molecule has 2 heterocycles. The highest BCUT2D eigenvalue weighted by Crippen LogP contribution is 2.37. The molecule has 1 unspecified atom stereocenters. The van der Waals surface area contributed by atoms with Gasteiger partial charge in [0.05, 0.1) is 35.7 Å². The minimum absolute atomic E-state index is 0.0756. The van der Waals surface area contributed by atoms with Crippen molar-refractivity contribution < 1.29 is 23.3 Å². The van der Waals surface area contributed by atoms with Gasteiger partial charge in [-0.3, -0.25) is 0 Å². The topological polar surface area (TPSA) is 74.7 Å². The van der Waals surface area contributed by atoms with Gasteiger partial charge in [-0.05, 0) is 42.3 Å². The van der Waals surface area contributed by atoms with E-state index in [1.54, 1.807) is 24.3 Å². The number of rotatable bonds is 11. The molecular formula is C28H26Cl2FN3O4. The van der Waals surface area contributed by atoms with Crippen LogP contribution in [0.1, 0.15) is 18.4 Å². The third kappa shape index (κ3) is 6.56. The van der Waals surface area contributed by atoms with Crippen molar-refractivity contribution in [2.75, 3.05) is 31.0 Å². The van der Waals surface area contributed by atoms with Crippen molar-refractivity contribution in [2.24, 2.45) is 0 Å². The van der Waals surface area contributed by atoms with E-state index in [0.29, 0.717) is 75.9 Å². The minimum atomic E-state index is -0.313. The van der Waals surface area contributed by atoms with Gasteiger partial charge in [0, 0.05) is 30.1 Å². The highest BCUT2D eigenvalue weighted by molar-refractivity contribution is 6.32. The van der Waals surface area contributed by atoms with Gasteiger partial charge in [-0.1, -0.05) is 23.7 Å². The molecule has 1 aliphatic heterocycles. The number of aromatic nitrogens is 2. The average Bonchev–Trinajstić information content (AvgIpc) is 3.42. The fourth-order valence-electron chi connectivity index (χ4n) is 4.05. The molecule has 38 heavy (non-hydrogen) atoms. The molecular weight excluding hydrogens is 532 g/mol. The summed E-state index contributed by atoms with van der Waals surface area (Å²) in [6.07, 6.45) is 2.93. The van der Waals surface area contributed by atoms with Gasteiger partial charge in [-0.15, -0.1) is 11.6 Å². The van der Waals surface area contributed by atoms with Gasteiger partial charge >= 0.3 is 0 Å². The zero-order chi connectivity index (χ0) is 26.3. The second kappa shape index (κ2) is 12.5. The number of nitrogens with zero attached hydrogens (tertiary/aromatic N) is 2. The summed E-state index contributed by atoms with van der Waals surface area (Å²) in [4.78, 5) is 8.93. The predicted molar refractivity (Wildman–Crippen MR) is 146 cm³/mol. The molecule has 0 amide bonds. The van der Waals surface area contributed by atoms with E-state index >= 15 is 0 Å². The minimum Gasteiger partial charge on any atom is -0.493 e. The van der Waals surface area contributed by atoms with Crippen molar-refractivity contribution in [3.63, 3.8) is 0 Å². The Morgan fingerprint density at radius 3 is 2.76 bits per heavy atom. The number of halogens is 3. The number of nitrogens with one attached hydrogen (secondary N) is 1. The maximum atomic E-state index is 13.4. The zero-order valence-electron chi connectivity index (χ0n) is 20.5. The van der Waals surface area contributed by atoms with Crippen molar-refractivity contribution in [3.8, 4) is 17.2 Å². The molecule has 0 bridgehead atoms. The van der Waals surface area contributed by atoms with E-state index in [1.165, 1.54) is 18.5 Å². The lowest BCUT2D eigenvalue weighted by molar-refractivity contribution is 0.142. The van der Waals surface area contributed by atoms with Crippen molar-refractivity contribution in [1.29, 1.82) is 0 Å². The third-order valence-corrected chi connectivity index (χ3v) is 6.44. The smallest absolute Gasteiger partial charge is 0.145 e. The highest BCUT2D eigenvalue weighted by atomic mass is 35.5. The average molecular weight is 558 g/mol. The van der Waals surface area contributed by atoms with Crippen LogP contribution in [0.3, 0.4) is 0 Å². The monoisotopic (exact) mass is 557 g/mol. The summed E-state index contributed by atoms with van der Waals surface area (Å²) in [7, 11) is 0. The first-order valence-electron chi connectivity index (χ1n) is 12.2. The zero-order valence-corrected chi connectivity index (χ0v) is 22.0. The lowest BCUT2D eigenvalue weighted by Gasteiger charge is -2.18. The van der Waals surface area contributed by atoms with Crippen LogP contribution in [0.2, 0.25) is 5.02 Å². The van der Waals surface area contributed by atoms with Gasteiger partial charge < -0.3 is 24.3 Å². The van der Waals surface area contributed by atoms with Crippen LogP contribution in [0.5, 0.6) is 17.2 Å². The number of hydrogen-bond acceptors (Lipinski definition) is 7. The lowest BCUT2D eigenvalue weighted by atomic mass is 10.2. The Kier molecular flexibility index (Phi) is 8.63. The molecule has 5 rings (SSSR count). The summed E-state index contributed by atoms with van der Waals surface area (Å²) < 4.78 is 36.9. The van der Waals surface area contributed by atoms with Crippen LogP contribution in [0.25, 0.3) is 10.9 Å². The van der Waals surface area contributed by atoms with Gasteiger partial charge in [0.1, 0.15) is 47.9 Å². The fourth-order valence-corrected chi connectivity index (χ4v) is 4.39. The summed E-state index contributed by atoms with van der Waals surface area (Å²) in [6.45, 7) is 1.86. The van der Waals surface area contributed by atoms with E-state index < -0.39 is 0 Å². The summed E-state index contributed by atoms with van der Waals surface area (Å²) in [5.41, 5.74) is 2.08. The van der Waals surface area contributed by atoms with Crippen LogP contribution in [0.4, 0.5) is 15.9 Å². The molecule has 3 aromatic carbocycles. The molecule has 0 aliphatic carbocycles. The maximum absolute atomic E-state index is 13.4. The first-order chi connectivity index (χ1) is 18.6. The Balaban J connectivity index is 1.39. The van der Waals surface area contributed by atoms with E-state index in [1.807, 2.05) is 18.2 Å².